The highest BCUT2D eigenvalue weighted by Crippen LogP contribution is 2.31. The van der Waals surface area contributed by atoms with Gasteiger partial charge in [0.2, 0.25) is 0 Å². The van der Waals surface area contributed by atoms with Crippen molar-refractivity contribution < 1.29 is 9.53 Å². The predicted octanol–water partition coefficient (Wildman–Crippen LogP) is 4.35. The molecule has 1 unspecified atom stereocenters. The molecule has 2 heteroatoms. The van der Waals surface area contributed by atoms with Gasteiger partial charge in [-0.25, -0.2) is 4.79 Å². The van der Waals surface area contributed by atoms with Gasteiger partial charge in [0.1, 0.15) is 0 Å². The molecule has 0 aromatic rings. The summed E-state index contributed by atoms with van der Waals surface area (Å²) in [6, 6.07) is 0. The van der Waals surface area contributed by atoms with Gasteiger partial charge in [0.25, 0.3) is 0 Å². The molecule has 0 bridgehead atoms. The van der Waals surface area contributed by atoms with Crippen LogP contribution in [0.5, 0.6) is 0 Å². The van der Waals surface area contributed by atoms with Crippen LogP contribution in [0.15, 0.2) is 12.2 Å². The first-order chi connectivity index (χ1) is 7.78. The van der Waals surface area contributed by atoms with Crippen LogP contribution in [-0.4, -0.2) is 12.6 Å². The zero-order valence-electron chi connectivity index (χ0n) is 12.1. The Morgan fingerprint density at radius 1 is 1.41 bits per heavy atom. The molecule has 2 nitrogen and oxygen atoms in total. The van der Waals surface area contributed by atoms with Crippen molar-refractivity contribution in [2.45, 2.75) is 60.3 Å². The maximum absolute atomic E-state index is 11.2. The van der Waals surface area contributed by atoms with Gasteiger partial charge in [0, 0.05) is 5.57 Å². The molecule has 0 rings (SSSR count). The van der Waals surface area contributed by atoms with Crippen LogP contribution in [0.4, 0.5) is 0 Å². The smallest absolute Gasteiger partial charge is 0.333 e. The number of ether oxygens (including phenoxy) is 1. The van der Waals surface area contributed by atoms with E-state index in [9.17, 15) is 4.79 Å². The van der Waals surface area contributed by atoms with E-state index in [1.165, 1.54) is 12.8 Å². The van der Waals surface area contributed by atoms with Gasteiger partial charge in [-0.15, -0.1) is 0 Å². The van der Waals surface area contributed by atoms with Gasteiger partial charge in [-0.2, -0.15) is 0 Å². The molecule has 0 fully saturated rings. The van der Waals surface area contributed by atoms with E-state index in [-0.39, 0.29) is 5.97 Å². The van der Waals surface area contributed by atoms with Gasteiger partial charge in [0.15, 0.2) is 0 Å². The average molecular weight is 240 g/mol. The van der Waals surface area contributed by atoms with Gasteiger partial charge >= 0.3 is 5.97 Å². The topological polar surface area (TPSA) is 26.3 Å². The monoisotopic (exact) mass is 240 g/mol. The number of esters is 1. The van der Waals surface area contributed by atoms with Gasteiger partial charge in [-0.3, -0.25) is 0 Å². The van der Waals surface area contributed by atoms with E-state index >= 15 is 0 Å². The third-order valence-corrected chi connectivity index (χ3v) is 3.18. The predicted molar refractivity (Wildman–Crippen MR) is 72.9 cm³/mol. The normalized spacial score (nSPS) is 13.2. The quantitative estimate of drug-likeness (QED) is 0.358. The summed E-state index contributed by atoms with van der Waals surface area (Å²) in [4.78, 5) is 11.2. The molecule has 0 saturated carbocycles. The van der Waals surface area contributed by atoms with Crippen molar-refractivity contribution in [3.05, 3.63) is 12.2 Å². The fraction of sp³-hybridized carbons (Fsp3) is 0.800. The fourth-order valence-corrected chi connectivity index (χ4v) is 2.03. The molecule has 1 atom stereocenters. The first kappa shape index (κ1) is 16.2. The third-order valence-electron chi connectivity index (χ3n) is 3.18. The molecule has 0 heterocycles. The molecule has 0 aliphatic rings. The molecule has 0 aliphatic heterocycles. The molecule has 0 aliphatic carbocycles. The van der Waals surface area contributed by atoms with Gasteiger partial charge in [-0.1, -0.05) is 40.7 Å². The van der Waals surface area contributed by atoms with Crippen LogP contribution in [0.1, 0.15) is 60.3 Å². The van der Waals surface area contributed by atoms with E-state index in [1.54, 1.807) is 6.92 Å². The first-order valence-electron chi connectivity index (χ1n) is 6.61. The highest BCUT2D eigenvalue weighted by molar-refractivity contribution is 5.86. The van der Waals surface area contributed by atoms with Crippen molar-refractivity contribution in [3.8, 4) is 0 Å². The Morgan fingerprint density at radius 2 is 2.00 bits per heavy atom. The molecule has 0 amide bonds. The lowest BCUT2D eigenvalue weighted by atomic mass is 9.79. The second-order valence-electron chi connectivity index (χ2n) is 5.90. The maximum Gasteiger partial charge on any atom is 0.333 e. The second kappa shape index (κ2) is 7.52. The summed E-state index contributed by atoms with van der Waals surface area (Å²) in [7, 11) is 0. The summed E-state index contributed by atoms with van der Waals surface area (Å²) < 4.78 is 5.09. The van der Waals surface area contributed by atoms with Gasteiger partial charge < -0.3 is 4.74 Å². The van der Waals surface area contributed by atoms with Crippen molar-refractivity contribution >= 4 is 5.97 Å². The van der Waals surface area contributed by atoms with E-state index in [2.05, 4.69) is 34.3 Å². The van der Waals surface area contributed by atoms with Crippen LogP contribution >= 0.6 is 0 Å². The fourth-order valence-electron chi connectivity index (χ4n) is 2.03. The molecular formula is C15H28O2. The molecule has 0 spiro atoms. The summed E-state index contributed by atoms with van der Waals surface area (Å²) in [5, 5.41) is 0. The summed E-state index contributed by atoms with van der Waals surface area (Å²) in [5.74, 6) is 0.493. The Morgan fingerprint density at radius 3 is 2.47 bits per heavy atom. The molecule has 0 aromatic carbocycles. The highest BCUT2D eigenvalue weighted by atomic mass is 16.5. The molecule has 0 saturated heterocycles. The lowest BCUT2D eigenvalue weighted by Gasteiger charge is -2.27. The average Bonchev–Trinajstić information content (AvgIpc) is 2.23. The summed E-state index contributed by atoms with van der Waals surface area (Å²) in [6.45, 7) is 14.9. The minimum atomic E-state index is -0.273. The van der Waals surface area contributed by atoms with Crippen LogP contribution in [0, 0.1) is 11.3 Å². The minimum Gasteiger partial charge on any atom is -0.462 e. The Kier molecular flexibility index (Phi) is 7.17. The Labute approximate surface area is 106 Å². The molecule has 0 aromatic heterocycles. The van der Waals surface area contributed by atoms with E-state index in [0.29, 0.717) is 17.6 Å². The number of carbonyl (C=O) groups is 1. The third kappa shape index (κ3) is 8.00. The highest BCUT2D eigenvalue weighted by Gasteiger charge is 2.20. The number of hydrogen-bond acceptors (Lipinski definition) is 2. The van der Waals surface area contributed by atoms with E-state index in [0.717, 1.165) is 18.8 Å². The number of hydrogen-bond donors (Lipinski definition) is 0. The standard InChI is InChI=1S/C15H28O2/c1-7-13(4)11-15(5,6)9-8-10-17-14(16)12(2)3/h13H,2,7-11H2,1,3-6H3. The van der Waals surface area contributed by atoms with E-state index < -0.39 is 0 Å². The first-order valence-corrected chi connectivity index (χ1v) is 6.61. The van der Waals surface area contributed by atoms with Gasteiger partial charge in [0.05, 0.1) is 6.61 Å². The molecule has 0 N–H and O–H groups in total. The summed E-state index contributed by atoms with van der Waals surface area (Å²) in [6.07, 6.45) is 4.50. The van der Waals surface area contributed by atoms with E-state index in [4.69, 9.17) is 4.74 Å². The maximum atomic E-state index is 11.2. The molecule has 0 radical (unpaired) electrons. The lowest BCUT2D eigenvalue weighted by Crippen LogP contribution is -2.17. The van der Waals surface area contributed by atoms with Crippen LogP contribution in [0.25, 0.3) is 0 Å². The van der Waals surface area contributed by atoms with Crippen molar-refractivity contribution in [1.82, 2.24) is 0 Å². The molecule has 17 heavy (non-hydrogen) atoms. The van der Waals surface area contributed by atoms with Crippen LogP contribution < -0.4 is 0 Å². The van der Waals surface area contributed by atoms with Crippen LogP contribution in [0.2, 0.25) is 0 Å². The SMILES string of the molecule is C=C(C)C(=O)OCCCC(C)(C)CC(C)CC. The van der Waals surface area contributed by atoms with Crippen molar-refractivity contribution in [2.75, 3.05) is 6.61 Å². The summed E-state index contributed by atoms with van der Waals surface area (Å²) in [5.41, 5.74) is 0.814. The zero-order valence-corrected chi connectivity index (χ0v) is 12.1. The zero-order chi connectivity index (χ0) is 13.5. The van der Waals surface area contributed by atoms with Gasteiger partial charge in [-0.05, 0) is 37.5 Å². The number of carbonyl (C=O) groups excluding carboxylic acids is 1. The lowest BCUT2D eigenvalue weighted by molar-refractivity contribution is -0.139. The second-order valence-corrected chi connectivity index (χ2v) is 5.90. The Balaban J connectivity index is 3.79. The van der Waals surface area contributed by atoms with Crippen molar-refractivity contribution in [3.63, 3.8) is 0 Å². The van der Waals surface area contributed by atoms with Crippen LogP contribution in [0.3, 0.4) is 0 Å². The van der Waals surface area contributed by atoms with Crippen molar-refractivity contribution in [1.29, 1.82) is 0 Å². The Bertz CT molecular complexity index is 254. The minimum absolute atomic E-state index is 0.273. The van der Waals surface area contributed by atoms with Crippen LogP contribution in [-0.2, 0) is 9.53 Å². The van der Waals surface area contributed by atoms with Crippen molar-refractivity contribution in [2.24, 2.45) is 11.3 Å². The largest absolute Gasteiger partial charge is 0.462 e. The molecule has 100 valence electrons. The summed E-state index contributed by atoms with van der Waals surface area (Å²) >= 11 is 0. The van der Waals surface area contributed by atoms with E-state index in [1.807, 2.05) is 0 Å². The molecular weight excluding hydrogens is 212 g/mol. The number of rotatable bonds is 8. The Hall–Kier alpha value is -0.790.